The number of benzene rings is 1. The van der Waals surface area contributed by atoms with Crippen molar-refractivity contribution < 1.29 is 13.5 Å². The Morgan fingerprint density at radius 3 is 2.70 bits per heavy atom. The molecule has 0 spiro atoms. The molecule has 1 heterocycles. The molecule has 2 nitrogen and oxygen atoms in total. The minimum Gasteiger partial charge on any atom is -0.373 e. The molecule has 0 aromatic heterocycles. The zero-order chi connectivity index (χ0) is 14.8. The van der Waals surface area contributed by atoms with Crippen LogP contribution in [0, 0.1) is 17.6 Å². The predicted octanol–water partition coefficient (Wildman–Crippen LogP) is 3.82. The highest BCUT2D eigenvalue weighted by Crippen LogP contribution is 2.35. The lowest BCUT2D eigenvalue weighted by atomic mass is 9.88. The van der Waals surface area contributed by atoms with Gasteiger partial charge in [0.1, 0.15) is 11.6 Å². The molecule has 2 unspecified atom stereocenters. The van der Waals surface area contributed by atoms with E-state index < -0.39 is 11.6 Å². The van der Waals surface area contributed by atoms with Crippen molar-refractivity contribution >= 4 is 0 Å². The topological polar surface area (TPSA) is 21.3 Å². The SMILES string of the molecule is CC(C)(C)NCC1CCCOC1c1ccc(F)cc1F. The lowest BCUT2D eigenvalue weighted by molar-refractivity contribution is -0.0311. The first-order chi connectivity index (χ1) is 9.37. The lowest BCUT2D eigenvalue weighted by Gasteiger charge is -2.34. The molecule has 1 aliphatic heterocycles. The summed E-state index contributed by atoms with van der Waals surface area (Å²) in [6.07, 6.45) is 1.68. The first-order valence-electron chi connectivity index (χ1n) is 7.18. The Morgan fingerprint density at radius 1 is 1.30 bits per heavy atom. The van der Waals surface area contributed by atoms with Gasteiger partial charge in [-0.15, -0.1) is 0 Å². The molecule has 20 heavy (non-hydrogen) atoms. The Hall–Kier alpha value is -1.00. The maximum atomic E-state index is 13.9. The molecule has 1 fully saturated rings. The summed E-state index contributed by atoms with van der Waals surface area (Å²) in [6, 6.07) is 3.73. The van der Waals surface area contributed by atoms with Crippen LogP contribution in [0.5, 0.6) is 0 Å². The van der Waals surface area contributed by atoms with Crippen molar-refractivity contribution in [2.75, 3.05) is 13.2 Å². The Morgan fingerprint density at radius 2 is 2.05 bits per heavy atom. The molecule has 1 aliphatic rings. The van der Waals surface area contributed by atoms with Crippen molar-refractivity contribution in [2.45, 2.75) is 45.3 Å². The molecule has 0 amide bonds. The maximum Gasteiger partial charge on any atom is 0.131 e. The van der Waals surface area contributed by atoms with Crippen molar-refractivity contribution in [1.82, 2.24) is 5.32 Å². The third kappa shape index (κ3) is 4.00. The van der Waals surface area contributed by atoms with Crippen LogP contribution < -0.4 is 5.32 Å². The molecule has 1 N–H and O–H groups in total. The highest BCUT2D eigenvalue weighted by molar-refractivity contribution is 5.22. The second kappa shape index (κ2) is 6.19. The van der Waals surface area contributed by atoms with Crippen LogP contribution in [-0.2, 0) is 4.74 Å². The first-order valence-corrected chi connectivity index (χ1v) is 7.18. The molecule has 0 radical (unpaired) electrons. The molecule has 0 bridgehead atoms. The molecular formula is C16H23F2NO. The summed E-state index contributed by atoms with van der Waals surface area (Å²) in [5.74, 6) is -0.855. The van der Waals surface area contributed by atoms with Gasteiger partial charge in [0.05, 0.1) is 6.10 Å². The van der Waals surface area contributed by atoms with Crippen molar-refractivity contribution in [3.8, 4) is 0 Å². The van der Waals surface area contributed by atoms with Crippen molar-refractivity contribution in [3.05, 3.63) is 35.4 Å². The molecule has 2 rings (SSSR count). The highest BCUT2D eigenvalue weighted by atomic mass is 19.1. The molecule has 0 aliphatic carbocycles. The van der Waals surface area contributed by atoms with Crippen molar-refractivity contribution in [1.29, 1.82) is 0 Å². The minimum absolute atomic E-state index is 0.0172. The zero-order valence-electron chi connectivity index (χ0n) is 12.4. The monoisotopic (exact) mass is 283 g/mol. The quantitative estimate of drug-likeness (QED) is 0.910. The summed E-state index contributed by atoms with van der Waals surface area (Å²) in [7, 11) is 0. The minimum atomic E-state index is -0.550. The number of ether oxygens (including phenoxy) is 1. The number of halogens is 2. The van der Waals surface area contributed by atoms with Crippen LogP contribution in [0.25, 0.3) is 0 Å². The summed E-state index contributed by atoms with van der Waals surface area (Å²) in [5.41, 5.74) is 0.482. The van der Waals surface area contributed by atoms with Crippen molar-refractivity contribution in [3.63, 3.8) is 0 Å². The van der Waals surface area contributed by atoms with E-state index in [0.29, 0.717) is 12.2 Å². The van der Waals surface area contributed by atoms with Gasteiger partial charge in [-0.3, -0.25) is 0 Å². The summed E-state index contributed by atoms with van der Waals surface area (Å²) >= 11 is 0. The van der Waals surface area contributed by atoms with Gasteiger partial charge in [-0.25, -0.2) is 8.78 Å². The fourth-order valence-corrected chi connectivity index (χ4v) is 2.57. The van der Waals surface area contributed by atoms with Crippen LogP contribution in [0.3, 0.4) is 0 Å². The number of hydrogen-bond donors (Lipinski definition) is 1. The van der Waals surface area contributed by atoms with Gasteiger partial charge in [-0.05, 0) is 39.7 Å². The van der Waals surface area contributed by atoms with Gasteiger partial charge in [0.2, 0.25) is 0 Å². The van der Waals surface area contributed by atoms with Gasteiger partial charge in [-0.1, -0.05) is 6.07 Å². The Bertz CT molecular complexity index is 456. The van der Waals surface area contributed by atoms with Crippen LogP contribution in [0.15, 0.2) is 18.2 Å². The van der Waals surface area contributed by atoms with E-state index >= 15 is 0 Å². The van der Waals surface area contributed by atoms with E-state index in [1.54, 1.807) is 0 Å². The van der Waals surface area contributed by atoms with Crippen LogP contribution in [0.4, 0.5) is 8.78 Å². The lowest BCUT2D eigenvalue weighted by Crippen LogP contribution is -2.41. The second-order valence-corrected chi connectivity index (χ2v) is 6.49. The van der Waals surface area contributed by atoms with E-state index in [2.05, 4.69) is 26.1 Å². The predicted molar refractivity (Wildman–Crippen MR) is 75.5 cm³/mol. The standard InChI is InChI=1S/C16H23F2NO/c1-16(2,3)19-10-11-5-4-8-20-15(11)13-7-6-12(17)9-14(13)18/h6-7,9,11,15,19H,4-5,8,10H2,1-3H3. The van der Waals surface area contributed by atoms with Crippen LogP contribution in [0.1, 0.15) is 45.3 Å². The average Bonchev–Trinajstić information content (AvgIpc) is 2.36. The Kier molecular flexibility index (Phi) is 4.76. The fourth-order valence-electron chi connectivity index (χ4n) is 2.57. The van der Waals surface area contributed by atoms with E-state index in [0.717, 1.165) is 25.5 Å². The molecule has 0 saturated carbocycles. The summed E-state index contributed by atoms with van der Waals surface area (Å²) < 4.78 is 32.7. The van der Waals surface area contributed by atoms with Crippen LogP contribution >= 0.6 is 0 Å². The van der Waals surface area contributed by atoms with Gasteiger partial charge >= 0.3 is 0 Å². The first kappa shape index (κ1) is 15.4. The number of rotatable bonds is 3. The van der Waals surface area contributed by atoms with Gasteiger partial charge in [0.25, 0.3) is 0 Å². The molecule has 1 aromatic rings. The molecule has 4 heteroatoms. The number of hydrogen-bond acceptors (Lipinski definition) is 2. The molecule has 1 saturated heterocycles. The van der Waals surface area contributed by atoms with E-state index in [-0.39, 0.29) is 17.6 Å². The van der Waals surface area contributed by atoms with Gasteiger partial charge < -0.3 is 10.1 Å². The molecular weight excluding hydrogens is 260 g/mol. The third-order valence-electron chi connectivity index (χ3n) is 3.61. The summed E-state index contributed by atoms with van der Waals surface area (Å²) in [4.78, 5) is 0. The molecule has 2 atom stereocenters. The van der Waals surface area contributed by atoms with Gasteiger partial charge in [0.15, 0.2) is 0 Å². The largest absolute Gasteiger partial charge is 0.373 e. The summed E-state index contributed by atoms with van der Waals surface area (Å²) in [6.45, 7) is 7.71. The van der Waals surface area contributed by atoms with Gasteiger partial charge in [-0.2, -0.15) is 0 Å². The third-order valence-corrected chi connectivity index (χ3v) is 3.61. The van der Waals surface area contributed by atoms with E-state index in [1.165, 1.54) is 12.1 Å². The second-order valence-electron chi connectivity index (χ2n) is 6.49. The van der Waals surface area contributed by atoms with E-state index in [9.17, 15) is 8.78 Å². The highest BCUT2D eigenvalue weighted by Gasteiger charge is 2.30. The zero-order valence-corrected chi connectivity index (χ0v) is 12.4. The van der Waals surface area contributed by atoms with E-state index in [1.807, 2.05) is 0 Å². The van der Waals surface area contributed by atoms with Crippen molar-refractivity contribution in [2.24, 2.45) is 5.92 Å². The average molecular weight is 283 g/mol. The van der Waals surface area contributed by atoms with Crippen LogP contribution in [0.2, 0.25) is 0 Å². The Balaban J connectivity index is 2.14. The molecule has 1 aromatic carbocycles. The number of nitrogens with one attached hydrogen (secondary N) is 1. The Labute approximate surface area is 119 Å². The summed E-state index contributed by atoms with van der Waals surface area (Å²) in [5, 5.41) is 3.45. The maximum absolute atomic E-state index is 13.9. The normalized spacial score (nSPS) is 23.9. The smallest absolute Gasteiger partial charge is 0.131 e. The molecule has 112 valence electrons. The fraction of sp³-hybridized carbons (Fsp3) is 0.625. The van der Waals surface area contributed by atoms with Gasteiger partial charge in [0, 0.05) is 36.2 Å². The van der Waals surface area contributed by atoms with Crippen LogP contribution in [-0.4, -0.2) is 18.7 Å². The van der Waals surface area contributed by atoms with E-state index in [4.69, 9.17) is 4.74 Å².